The molecule has 0 bridgehead atoms. The van der Waals surface area contributed by atoms with E-state index in [0.29, 0.717) is 12.3 Å². The summed E-state index contributed by atoms with van der Waals surface area (Å²) < 4.78 is 10.6. The van der Waals surface area contributed by atoms with Crippen LogP contribution in [-0.2, 0) is 11.3 Å². The molecule has 0 aromatic heterocycles. The van der Waals surface area contributed by atoms with E-state index in [0.717, 1.165) is 11.3 Å². The first kappa shape index (κ1) is 18.8. The third-order valence-electron chi connectivity index (χ3n) is 3.59. The smallest absolute Gasteiger partial charge is 0.321 e. The number of amides is 2. The summed E-state index contributed by atoms with van der Waals surface area (Å²) in [7, 11) is 3.13. The summed E-state index contributed by atoms with van der Waals surface area (Å²) in [5.74, 6) is 0.767. The zero-order valence-corrected chi connectivity index (χ0v) is 14.5. The van der Waals surface area contributed by atoms with Gasteiger partial charge in [0.15, 0.2) is 0 Å². The molecule has 2 amide bonds. The number of hydrogen-bond donors (Lipinski definition) is 2. The number of carbonyl (C=O) groups excluding carboxylic acids is 1. The molecule has 2 aromatic rings. The van der Waals surface area contributed by atoms with Crippen molar-refractivity contribution in [2.75, 3.05) is 32.6 Å². The molecule has 0 saturated heterocycles. The molecule has 0 saturated carbocycles. The number of nitrogens with one attached hydrogen (secondary N) is 1. The summed E-state index contributed by atoms with van der Waals surface area (Å²) in [6.07, 6.45) is -0.725. The van der Waals surface area contributed by atoms with Gasteiger partial charge in [-0.25, -0.2) is 4.79 Å². The minimum atomic E-state index is -0.725. The second-order valence-electron chi connectivity index (χ2n) is 5.68. The van der Waals surface area contributed by atoms with Crippen LogP contribution >= 0.6 is 0 Å². The van der Waals surface area contributed by atoms with Gasteiger partial charge in [-0.05, 0) is 18.2 Å². The van der Waals surface area contributed by atoms with Crippen molar-refractivity contribution in [3.8, 4) is 5.75 Å². The standard InChI is InChI=1S/C19H24N2O4/c1-21(12-16(22)14-24-2)19(23)20-18-11-7-6-8-15(18)13-25-17-9-4-3-5-10-17/h3-11,16,22H,12-14H2,1-2H3,(H,20,23). The maximum atomic E-state index is 12.3. The Labute approximate surface area is 148 Å². The minimum Gasteiger partial charge on any atom is -0.489 e. The average molecular weight is 344 g/mol. The molecule has 0 radical (unpaired) electrons. The third-order valence-corrected chi connectivity index (χ3v) is 3.59. The Balaban J connectivity index is 1.96. The number of aliphatic hydroxyl groups excluding tert-OH is 1. The lowest BCUT2D eigenvalue weighted by Crippen LogP contribution is -2.38. The van der Waals surface area contributed by atoms with Gasteiger partial charge >= 0.3 is 6.03 Å². The largest absolute Gasteiger partial charge is 0.489 e. The van der Waals surface area contributed by atoms with E-state index in [2.05, 4.69) is 5.32 Å². The maximum Gasteiger partial charge on any atom is 0.321 e. The summed E-state index contributed by atoms with van der Waals surface area (Å²) in [4.78, 5) is 13.7. The Morgan fingerprint density at radius 1 is 1.16 bits per heavy atom. The highest BCUT2D eigenvalue weighted by Gasteiger charge is 2.15. The SMILES string of the molecule is COCC(O)CN(C)C(=O)Nc1ccccc1COc1ccccc1. The minimum absolute atomic E-state index is 0.180. The van der Waals surface area contributed by atoms with Crippen molar-refractivity contribution >= 4 is 11.7 Å². The molecule has 1 atom stereocenters. The van der Waals surface area contributed by atoms with E-state index in [-0.39, 0.29) is 19.2 Å². The lowest BCUT2D eigenvalue weighted by Gasteiger charge is -2.21. The number of aliphatic hydroxyl groups is 1. The third kappa shape index (κ3) is 6.10. The molecule has 2 N–H and O–H groups in total. The normalized spacial score (nSPS) is 11.6. The van der Waals surface area contributed by atoms with Gasteiger partial charge in [-0.1, -0.05) is 36.4 Å². The van der Waals surface area contributed by atoms with Crippen molar-refractivity contribution in [2.24, 2.45) is 0 Å². The van der Waals surface area contributed by atoms with Crippen LogP contribution in [-0.4, -0.2) is 49.5 Å². The number of likely N-dealkylation sites (N-methyl/N-ethyl adjacent to an activating group) is 1. The number of nitrogens with zero attached hydrogens (tertiary/aromatic N) is 1. The van der Waals surface area contributed by atoms with Gasteiger partial charge in [-0.3, -0.25) is 0 Å². The number of rotatable bonds is 8. The van der Waals surface area contributed by atoms with Crippen LogP contribution in [0.25, 0.3) is 0 Å². The Morgan fingerprint density at radius 2 is 1.84 bits per heavy atom. The molecule has 0 aliphatic carbocycles. The Bertz CT molecular complexity index is 663. The van der Waals surface area contributed by atoms with Crippen LogP contribution in [0.2, 0.25) is 0 Å². The Kier molecular flexibility index (Phi) is 7.25. The van der Waals surface area contributed by atoms with Gasteiger partial charge in [-0.15, -0.1) is 0 Å². The number of methoxy groups -OCH3 is 1. The van der Waals surface area contributed by atoms with E-state index >= 15 is 0 Å². The van der Waals surface area contributed by atoms with E-state index in [1.165, 1.54) is 12.0 Å². The van der Waals surface area contributed by atoms with Crippen molar-refractivity contribution in [1.29, 1.82) is 0 Å². The average Bonchev–Trinajstić information content (AvgIpc) is 2.62. The molecule has 0 aliphatic heterocycles. The quantitative estimate of drug-likeness (QED) is 0.772. The predicted molar refractivity (Wildman–Crippen MR) is 96.7 cm³/mol. The zero-order chi connectivity index (χ0) is 18.1. The number of urea groups is 1. The van der Waals surface area contributed by atoms with Gasteiger partial charge in [0.25, 0.3) is 0 Å². The number of hydrogen-bond acceptors (Lipinski definition) is 4. The molecule has 0 spiro atoms. The van der Waals surface area contributed by atoms with Crippen LogP contribution in [0.1, 0.15) is 5.56 Å². The molecule has 0 aliphatic rings. The molecule has 2 rings (SSSR count). The second-order valence-corrected chi connectivity index (χ2v) is 5.68. The molecule has 25 heavy (non-hydrogen) atoms. The highest BCUT2D eigenvalue weighted by Crippen LogP contribution is 2.19. The van der Waals surface area contributed by atoms with Gasteiger partial charge in [0.2, 0.25) is 0 Å². The zero-order valence-electron chi connectivity index (χ0n) is 14.5. The summed E-state index contributed by atoms with van der Waals surface area (Å²) in [5, 5.41) is 12.6. The number of anilines is 1. The van der Waals surface area contributed by atoms with Crippen LogP contribution in [0, 0.1) is 0 Å². The van der Waals surface area contributed by atoms with E-state index in [9.17, 15) is 9.90 Å². The van der Waals surface area contributed by atoms with Crippen LogP contribution in [0.15, 0.2) is 54.6 Å². The van der Waals surface area contributed by atoms with Gasteiger partial charge in [-0.2, -0.15) is 0 Å². The van der Waals surface area contributed by atoms with Gasteiger partial charge < -0.3 is 24.8 Å². The van der Waals surface area contributed by atoms with Crippen LogP contribution in [0.4, 0.5) is 10.5 Å². The van der Waals surface area contributed by atoms with Crippen molar-refractivity contribution in [1.82, 2.24) is 4.90 Å². The number of para-hydroxylation sites is 2. The first-order valence-corrected chi connectivity index (χ1v) is 8.05. The lowest BCUT2D eigenvalue weighted by molar-refractivity contribution is 0.0501. The van der Waals surface area contributed by atoms with E-state index in [4.69, 9.17) is 9.47 Å². The summed E-state index contributed by atoms with van der Waals surface area (Å²) in [6.45, 7) is 0.706. The van der Waals surface area contributed by atoms with Crippen molar-refractivity contribution in [3.63, 3.8) is 0 Å². The summed E-state index contributed by atoms with van der Waals surface area (Å²) >= 11 is 0. The molecule has 0 fully saturated rings. The van der Waals surface area contributed by atoms with Crippen molar-refractivity contribution in [2.45, 2.75) is 12.7 Å². The molecule has 134 valence electrons. The van der Waals surface area contributed by atoms with Crippen LogP contribution in [0.3, 0.4) is 0 Å². The predicted octanol–water partition coefficient (Wildman–Crippen LogP) is 2.74. The second kappa shape index (κ2) is 9.66. The van der Waals surface area contributed by atoms with Crippen molar-refractivity contribution < 1.29 is 19.4 Å². The molecular weight excluding hydrogens is 320 g/mol. The summed E-state index contributed by atoms with van der Waals surface area (Å²) in [5.41, 5.74) is 1.54. The first-order chi connectivity index (χ1) is 12.1. The maximum absolute atomic E-state index is 12.3. The fraction of sp³-hybridized carbons (Fsp3) is 0.316. The Hall–Kier alpha value is -2.57. The van der Waals surface area contributed by atoms with Crippen LogP contribution < -0.4 is 10.1 Å². The van der Waals surface area contributed by atoms with Crippen LogP contribution in [0.5, 0.6) is 5.75 Å². The number of benzene rings is 2. The Morgan fingerprint density at radius 3 is 2.56 bits per heavy atom. The monoisotopic (exact) mass is 344 g/mol. The first-order valence-electron chi connectivity index (χ1n) is 8.05. The van der Waals surface area contributed by atoms with Crippen molar-refractivity contribution in [3.05, 3.63) is 60.2 Å². The molecule has 0 heterocycles. The fourth-order valence-corrected chi connectivity index (χ4v) is 2.30. The molecule has 6 heteroatoms. The van der Waals surface area contributed by atoms with E-state index in [1.54, 1.807) is 7.05 Å². The van der Waals surface area contributed by atoms with Gasteiger partial charge in [0.05, 0.1) is 19.3 Å². The molecule has 2 aromatic carbocycles. The topological polar surface area (TPSA) is 71.0 Å². The number of carbonyl (C=O) groups is 1. The van der Waals surface area contributed by atoms with Gasteiger partial charge in [0.1, 0.15) is 12.4 Å². The lowest BCUT2D eigenvalue weighted by atomic mass is 10.2. The summed E-state index contributed by atoms with van der Waals surface area (Å²) in [6, 6.07) is 16.7. The highest BCUT2D eigenvalue weighted by atomic mass is 16.5. The van der Waals surface area contributed by atoms with E-state index in [1.807, 2.05) is 54.6 Å². The van der Waals surface area contributed by atoms with E-state index < -0.39 is 6.10 Å². The van der Waals surface area contributed by atoms with Gasteiger partial charge in [0, 0.05) is 25.4 Å². The highest BCUT2D eigenvalue weighted by molar-refractivity contribution is 5.90. The number of ether oxygens (including phenoxy) is 2. The molecule has 1 unspecified atom stereocenters. The molecular formula is C19H24N2O4. The fourth-order valence-electron chi connectivity index (χ4n) is 2.30. The molecule has 6 nitrogen and oxygen atoms in total.